The molecule has 4 atom stereocenters. The van der Waals surface area contributed by atoms with E-state index in [0.29, 0.717) is 17.5 Å². The van der Waals surface area contributed by atoms with E-state index >= 15 is 0 Å². The monoisotopic (exact) mass is 386 g/mol. The lowest BCUT2D eigenvalue weighted by atomic mass is 9.80. The van der Waals surface area contributed by atoms with Crippen LogP contribution in [-0.2, 0) is 12.6 Å². The topological polar surface area (TPSA) is 17.8 Å². The Morgan fingerprint density at radius 3 is 2.44 bits per heavy atom. The molecule has 1 aromatic carbocycles. The van der Waals surface area contributed by atoms with Gasteiger partial charge in [-0.2, -0.15) is 18.3 Å². The van der Waals surface area contributed by atoms with Crippen molar-refractivity contribution in [1.82, 2.24) is 9.78 Å². The van der Waals surface area contributed by atoms with Crippen LogP contribution in [0.15, 0.2) is 18.3 Å². The third kappa shape index (κ3) is 2.28. The first-order chi connectivity index (χ1) is 11.8. The van der Waals surface area contributed by atoms with Gasteiger partial charge in [-0.1, -0.05) is 23.2 Å². The summed E-state index contributed by atoms with van der Waals surface area (Å²) < 4.78 is 40.3. The largest absolute Gasteiger partial charge is 0.416 e. The van der Waals surface area contributed by atoms with E-state index in [0.717, 1.165) is 36.1 Å². The Balaban J connectivity index is 1.55. The molecule has 1 aromatic heterocycles. The fourth-order valence-corrected chi connectivity index (χ4v) is 5.99. The van der Waals surface area contributed by atoms with Crippen LogP contribution in [0.5, 0.6) is 0 Å². The molecule has 3 aliphatic rings. The van der Waals surface area contributed by atoms with Crippen LogP contribution in [0.3, 0.4) is 0 Å². The van der Waals surface area contributed by atoms with Crippen molar-refractivity contribution >= 4 is 23.2 Å². The summed E-state index contributed by atoms with van der Waals surface area (Å²) in [6.45, 7) is 0. The molecule has 2 saturated carbocycles. The Morgan fingerprint density at radius 1 is 1.08 bits per heavy atom. The second-order valence-corrected chi connectivity index (χ2v) is 8.30. The van der Waals surface area contributed by atoms with Crippen molar-refractivity contribution in [1.29, 1.82) is 0 Å². The predicted octanol–water partition coefficient (Wildman–Crippen LogP) is 5.88. The summed E-state index contributed by atoms with van der Waals surface area (Å²) in [5.41, 5.74) is 1.77. The second-order valence-electron chi connectivity index (χ2n) is 7.49. The first kappa shape index (κ1) is 16.0. The van der Waals surface area contributed by atoms with Crippen molar-refractivity contribution < 1.29 is 13.2 Å². The third-order valence-electron chi connectivity index (χ3n) is 6.27. The average Bonchev–Trinajstić information content (AvgIpc) is 3.22. The van der Waals surface area contributed by atoms with E-state index < -0.39 is 11.7 Å². The molecule has 2 aromatic rings. The number of fused-ring (bicyclic) bond motifs is 7. The van der Waals surface area contributed by atoms with Crippen LogP contribution in [0, 0.1) is 17.8 Å². The lowest BCUT2D eigenvalue weighted by Crippen LogP contribution is -2.17. The van der Waals surface area contributed by atoms with Crippen LogP contribution in [-0.4, -0.2) is 9.78 Å². The van der Waals surface area contributed by atoms with Crippen molar-refractivity contribution in [2.45, 2.75) is 37.8 Å². The van der Waals surface area contributed by atoms with E-state index in [1.165, 1.54) is 24.8 Å². The van der Waals surface area contributed by atoms with Crippen molar-refractivity contribution in [3.63, 3.8) is 0 Å². The number of benzene rings is 1. The highest BCUT2D eigenvalue weighted by molar-refractivity contribution is 6.37. The van der Waals surface area contributed by atoms with Crippen molar-refractivity contribution in [3.8, 4) is 5.69 Å². The zero-order valence-electron chi connectivity index (χ0n) is 13.2. The van der Waals surface area contributed by atoms with E-state index in [9.17, 15) is 13.2 Å². The highest BCUT2D eigenvalue weighted by atomic mass is 35.5. The van der Waals surface area contributed by atoms with Crippen LogP contribution in [0.1, 0.15) is 42.0 Å². The maximum absolute atomic E-state index is 12.9. The number of nitrogens with zero attached hydrogens (tertiary/aromatic N) is 2. The minimum atomic E-state index is -4.48. The summed E-state index contributed by atoms with van der Waals surface area (Å²) in [7, 11) is 0. The Kier molecular flexibility index (Phi) is 3.31. The first-order valence-corrected chi connectivity index (χ1v) is 9.23. The van der Waals surface area contributed by atoms with Gasteiger partial charge in [0, 0.05) is 6.20 Å². The molecular formula is C18H15Cl2F3N2. The standard InChI is InChI=1S/C18H15Cl2F3N2/c19-13-4-10(18(21,22)23)5-14(20)17(13)25-7-12-15(24-25)6-11-8-1-2-9(3-8)16(11)12/h4-5,7-9,11,16H,1-3,6H2. The lowest BCUT2D eigenvalue weighted by molar-refractivity contribution is -0.137. The first-order valence-electron chi connectivity index (χ1n) is 8.48. The molecule has 5 rings (SSSR count). The Hall–Kier alpha value is -1.20. The zero-order valence-corrected chi connectivity index (χ0v) is 14.7. The number of rotatable bonds is 1. The Morgan fingerprint density at radius 2 is 1.76 bits per heavy atom. The molecule has 2 bridgehead atoms. The number of alkyl halides is 3. The molecule has 3 aliphatic carbocycles. The Bertz CT molecular complexity index is 851. The quantitative estimate of drug-likeness (QED) is 0.597. The van der Waals surface area contributed by atoms with Gasteiger partial charge in [0.1, 0.15) is 5.69 Å². The SMILES string of the molecule is FC(F)(F)c1cc(Cl)c(-n2cc3c(n2)CC2C4CCC(C4)C32)c(Cl)c1. The molecular weight excluding hydrogens is 372 g/mol. The minimum absolute atomic E-state index is 0.0366. The molecule has 0 saturated heterocycles. The van der Waals surface area contributed by atoms with Gasteiger partial charge in [0.2, 0.25) is 0 Å². The molecule has 1 heterocycles. The van der Waals surface area contributed by atoms with Gasteiger partial charge in [0.25, 0.3) is 0 Å². The molecule has 25 heavy (non-hydrogen) atoms. The van der Waals surface area contributed by atoms with Crippen LogP contribution in [0.25, 0.3) is 5.69 Å². The molecule has 7 heteroatoms. The van der Waals surface area contributed by atoms with E-state index in [1.807, 2.05) is 6.20 Å². The van der Waals surface area contributed by atoms with Crippen molar-refractivity contribution in [2.75, 3.05) is 0 Å². The van der Waals surface area contributed by atoms with Crippen LogP contribution >= 0.6 is 23.2 Å². The number of aromatic nitrogens is 2. The summed E-state index contributed by atoms with van der Waals surface area (Å²) in [6, 6.07) is 1.83. The summed E-state index contributed by atoms with van der Waals surface area (Å²) in [4.78, 5) is 0. The molecule has 0 radical (unpaired) electrons. The van der Waals surface area contributed by atoms with E-state index in [2.05, 4.69) is 5.10 Å². The second kappa shape index (κ2) is 5.17. The maximum atomic E-state index is 12.9. The zero-order chi connectivity index (χ0) is 17.5. The van der Waals surface area contributed by atoms with Gasteiger partial charge in [0.05, 0.1) is 21.3 Å². The highest BCUT2D eigenvalue weighted by Gasteiger charge is 2.52. The van der Waals surface area contributed by atoms with Crippen LogP contribution in [0.2, 0.25) is 10.0 Å². The number of hydrogen-bond donors (Lipinski definition) is 0. The highest BCUT2D eigenvalue weighted by Crippen LogP contribution is 2.61. The van der Waals surface area contributed by atoms with Gasteiger partial charge in [-0.3, -0.25) is 0 Å². The van der Waals surface area contributed by atoms with Crippen molar-refractivity contribution in [3.05, 3.63) is 45.2 Å². The normalized spacial score (nSPS) is 30.0. The van der Waals surface area contributed by atoms with Crippen molar-refractivity contribution in [2.24, 2.45) is 17.8 Å². The van der Waals surface area contributed by atoms with E-state index in [-0.39, 0.29) is 10.0 Å². The molecule has 0 amide bonds. The third-order valence-corrected chi connectivity index (χ3v) is 6.85. The Labute approximate surface area is 152 Å². The summed E-state index contributed by atoms with van der Waals surface area (Å²) in [5, 5.41) is 4.55. The van der Waals surface area contributed by atoms with Crippen LogP contribution in [0.4, 0.5) is 13.2 Å². The summed E-state index contributed by atoms with van der Waals surface area (Å²) in [6.07, 6.45) is 2.33. The molecule has 2 fully saturated rings. The minimum Gasteiger partial charge on any atom is -0.237 e. The van der Waals surface area contributed by atoms with Gasteiger partial charge in [0.15, 0.2) is 0 Å². The van der Waals surface area contributed by atoms with E-state index in [1.54, 1.807) is 4.68 Å². The van der Waals surface area contributed by atoms with Gasteiger partial charge >= 0.3 is 6.18 Å². The lowest BCUT2D eigenvalue weighted by Gasteiger charge is -2.24. The fourth-order valence-electron chi connectivity index (χ4n) is 5.33. The fraction of sp³-hybridized carbons (Fsp3) is 0.500. The molecule has 4 unspecified atom stereocenters. The van der Waals surface area contributed by atoms with Gasteiger partial charge < -0.3 is 0 Å². The smallest absolute Gasteiger partial charge is 0.237 e. The molecule has 0 spiro atoms. The summed E-state index contributed by atoms with van der Waals surface area (Å²) in [5.74, 6) is 2.79. The van der Waals surface area contributed by atoms with E-state index in [4.69, 9.17) is 23.2 Å². The van der Waals surface area contributed by atoms with Crippen LogP contribution < -0.4 is 0 Å². The average molecular weight is 387 g/mol. The maximum Gasteiger partial charge on any atom is 0.416 e. The van der Waals surface area contributed by atoms with Gasteiger partial charge in [-0.05, 0) is 67.1 Å². The number of hydrogen-bond acceptors (Lipinski definition) is 1. The predicted molar refractivity (Wildman–Crippen MR) is 89.4 cm³/mol. The summed E-state index contributed by atoms with van der Waals surface area (Å²) >= 11 is 12.3. The van der Waals surface area contributed by atoms with Gasteiger partial charge in [-0.25, -0.2) is 4.68 Å². The molecule has 0 N–H and O–H groups in total. The molecule has 2 nitrogen and oxygen atoms in total. The van der Waals surface area contributed by atoms with Gasteiger partial charge in [-0.15, -0.1) is 0 Å². The number of halogens is 5. The molecule has 132 valence electrons. The molecule has 0 aliphatic heterocycles.